The van der Waals surface area contributed by atoms with Crippen LogP contribution in [0.1, 0.15) is 25.0 Å². The molecule has 0 aliphatic heterocycles. The van der Waals surface area contributed by atoms with Crippen LogP contribution in [0.3, 0.4) is 0 Å². The SMILES string of the molecule is CCOc1ccc(/N=c2\[nH]n(C[C@H](C)C(=O)OC)c(=O)n2Cc2ccc(C)cc2)cc1Cl. The maximum atomic E-state index is 13.1. The van der Waals surface area contributed by atoms with E-state index in [4.69, 9.17) is 21.1 Å². The lowest BCUT2D eigenvalue weighted by Gasteiger charge is -2.08. The highest BCUT2D eigenvalue weighted by atomic mass is 35.5. The lowest BCUT2D eigenvalue weighted by Crippen LogP contribution is -2.31. The first kappa shape index (κ1) is 23.4. The minimum atomic E-state index is -0.503. The first-order valence-corrected chi connectivity index (χ1v) is 10.7. The normalized spacial score (nSPS) is 12.6. The molecule has 0 radical (unpaired) electrons. The predicted molar refractivity (Wildman–Crippen MR) is 122 cm³/mol. The van der Waals surface area contributed by atoms with Gasteiger partial charge in [-0.3, -0.25) is 14.5 Å². The summed E-state index contributed by atoms with van der Waals surface area (Å²) in [6.45, 7) is 6.54. The van der Waals surface area contributed by atoms with Gasteiger partial charge in [0, 0.05) is 0 Å². The number of H-pyrrole nitrogens is 1. The van der Waals surface area contributed by atoms with Gasteiger partial charge in [0.15, 0.2) is 0 Å². The van der Waals surface area contributed by atoms with E-state index in [1.807, 2.05) is 38.1 Å². The van der Waals surface area contributed by atoms with Crippen LogP contribution in [0, 0.1) is 12.8 Å². The second kappa shape index (κ2) is 10.4. The summed E-state index contributed by atoms with van der Waals surface area (Å²) in [4.78, 5) is 29.6. The zero-order valence-corrected chi connectivity index (χ0v) is 19.3. The first-order chi connectivity index (χ1) is 15.3. The molecule has 9 heteroatoms. The van der Waals surface area contributed by atoms with Crippen molar-refractivity contribution in [1.82, 2.24) is 14.3 Å². The number of carbonyl (C=O) groups excluding carboxylic acids is 1. The van der Waals surface area contributed by atoms with Crippen molar-refractivity contribution in [2.45, 2.75) is 33.9 Å². The van der Waals surface area contributed by atoms with Gasteiger partial charge in [0.05, 0.1) is 43.4 Å². The van der Waals surface area contributed by atoms with Crippen LogP contribution in [0.4, 0.5) is 5.69 Å². The molecular weight excluding hydrogens is 432 g/mol. The van der Waals surface area contributed by atoms with Gasteiger partial charge in [-0.15, -0.1) is 0 Å². The zero-order valence-electron chi connectivity index (χ0n) is 18.6. The fraction of sp³-hybridized carbons (Fsp3) is 0.348. The largest absolute Gasteiger partial charge is 0.492 e. The van der Waals surface area contributed by atoms with Gasteiger partial charge in [0.1, 0.15) is 5.75 Å². The Morgan fingerprint density at radius 1 is 1.22 bits per heavy atom. The third kappa shape index (κ3) is 5.50. The van der Waals surface area contributed by atoms with Gasteiger partial charge >= 0.3 is 11.7 Å². The lowest BCUT2D eigenvalue weighted by molar-refractivity contribution is -0.145. The van der Waals surface area contributed by atoms with E-state index in [0.717, 1.165) is 11.1 Å². The predicted octanol–water partition coefficient (Wildman–Crippen LogP) is 3.43. The topological polar surface area (TPSA) is 90.6 Å². The molecule has 0 fully saturated rings. The van der Waals surface area contributed by atoms with E-state index in [1.165, 1.54) is 16.4 Å². The summed E-state index contributed by atoms with van der Waals surface area (Å²) >= 11 is 6.29. The summed E-state index contributed by atoms with van der Waals surface area (Å²) in [6, 6.07) is 13.1. The van der Waals surface area contributed by atoms with Crippen molar-refractivity contribution in [1.29, 1.82) is 0 Å². The molecule has 1 N–H and O–H groups in total. The number of aromatic amines is 1. The summed E-state index contributed by atoms with van der Waals surface area (Å²) in [7, 11) is 1.32. The summed E-state index contributed by atoms with van der Waals surface area (Å²) in [5.74, 6) is -0.330. The Kier molecular flexibility index (Phi) is 7.58. The Morgan fingerprint density at radius 3 is 2.56 bits per heavy atom. The van der Waals surface area contributed by atoms with Crippen LogP contribution in [0.25, 0.3) is 0 Å². The maximum Gasteiger partial charge on any atom is 0.345 e. The number of esters is 1. The van der Waals surface area contributed by atoms with Crippen LogP contribution in [0.5, 0.6) is 5.75 Å². The molecule has 0 aliphatic rings. The van der Waals surface area contributed by atoms with Gasteiger partial charge < -0.3 is 9.47 Å². The maximum absolute atomic E-state index is 13.1. The van der Waals surface area contributed by atoms with Gasteiger partial charge in [-0.1, -0.05) is 48.4 Å². The number of hydrogen-bond acceptors (Lipinski definition) is 5. The molecule has 0 saturated carbocycles. The number of aromatic nitrogens is 3. The molecule has 0 aliphatic carbocycles. The summed E-state index contributed by atoms with van der Waals surface area (Å²) in [6.07, 6.45) is 0. The zero-order chi connectivity index (χ0) is 23.3. The van der Waals surface area contributed by atoms with Crippen molar-refractivity contribution < 1.29 is 14.3 Å². The summed E-state index contributed by atoms with van der Waals surface area (Å²) in [5, 5.41) is 3.45. The molecule has 3 rings (SSSR count). The number of aryl methyl sites for hydroxylation is 1. The molecule has 1 aromatic heterocycles. The van der Waals surface area contributed by atoms with Crippen molar-refractivity contribution >= 4 is 23.3 Å². The van der Waals surface area contributed by atoms with E-state index in [9.17, 15) is 9.59 Å². The number of nitrogens with one attached hydrogen (secondary N) is 1. The van der Waals surface area contributed by atoms with Gasteiger partial charge in [0.25, 0.3) is 0 Å². The molecule has 32 heavy (non-hydrogen) atoms. The van der Waals surface area contributed by atoms with E-state index in [-0.39, 0.29) is 12.2 Å². The van der Waals surface area contributed by atoms with E-state index in [1.54, 1.807) is 25.1 Å². The Bertz CT molecular complexity index is 1210. The number of ether oxygens (including phenoxy) is 2. The van der Waals surface area contributed by atoms with Gasteiger partial charge in [0.2, 0.25) is 5.62 Å². The molecule has 0 amide bonds. The average molecular weight is 459 g/mol. The Labute approximate surface area is 191 Å². The fourth-order valence-electron chi connectivity index (χ4n) is 3.20. The minimum Gasteiger partial charge on any atom is -0.492 e. The number of hydrogen-bond donors (Lipinski definition) is 1. The quantitative estimate of drug-likeness (QED) is 0.523. The molecule has 0 saturated heterocycles. The third-order valence-electron chi connectivity index (χ3n) is 4.92. The van der Waals surface area contributed by atoms with Crippen LogP contribution in [-0.2, 0) is 22.6 Å². The molecule has 1 atom stereocenters. The van der Waals surface area contributed by atoms with Crippen molar-refractivity contribution in [3.8, 4) is 5.75 Å². The highest BCUT2D eigenvalue weighted by Gasteiger charge is 2.17. The minimum absolute atomic E-state index is 0.138. The smallest absolute Gasteiger partial charge is 0.345 e. The van der Waals surface area contributed by atoms with Crippen molar-refractivity contribution in [3.05, 3.63) is 74.7 Å². The first-order valence-electron chi connectivity index (χ1n) is 10.3. The molecule has 0 spiro atoms. The number of halogens is 1. The molecule has 170 valence electrons. The van der Waals surface area contributed by atoms with Gasteiger partial charge in [-0.2, -0.15) is 0 Å². The van der Waals surface area contributed by atoms with Crippen LogP contribution in [-0.4, -0.2) is 34.0 Å². The molecular formula is C23H27ClN4O4. The number of carbonyl (C=O) groups is 1. The van der Waals surface area contributed by atoms with E-state index in [2.05, 4.69) is 10.1 Å². The molecule has 0 bridgehead atoms. The molecule has 3 aromatic rings. The molecule has 8 nitrogen and oxygen atoms in total. The molecule has 0 unspecified atom stereocenters. The van der Waals surface area contributed by atoms with Gasteiger partial charge in [-0.25, -0.2) is 14.5 Å². The monoisotopic (exact) mass is 458 g/mol. The number of methoxy groups -OCH3 is 1. The van der Waals surface area contributed by atoms with E-state index in [0.29, 0.717) is 35.2 Å². The Hall–Kier alpha value is -3.26. The molecule has 1 heterocycles. The van der Waals surface area contributed by atoms with Crippen LogP contribution in [0.15, 0.2) is 52.3 Å². The highest BCUT2D eigenvalue weighted by molar-refractivity contribution is 6.32. The second-order valence-corrected chi connectivity index (χ2v) is 7.89. The van der Waals surface area contributed by atoms with Crippen LogP contribution in [0.2, 0.25) is 5.02 Å². The third-order valence-corrected chi connectivity index (χ3v) is 5.22. The van der Waals surface area contributed by atoms with Gasteiger partial charge in [-0.05, 0) is 37.6 Å². The summed E-state index contributed by atoms with van der Waals surface area (Å²) in [5.41, 5.74) is 2.67. The van der Waals surface area contributed by atoms with Crippen molar-refractivity contribution in [3.63, 3.8) is 0 Å². The molecule has 2 aromatic carbocycles. The Balaban J connectivity index is 2.06. The Morgan fingerprint density at radius 2 is 1.94 bits per heavy atom. The van der Waals surface area contributed by atoms with Crippen LogP contribution >= 0.6 is 11.6 Å². The lowest BCUT2D eigenvalue weighted by atomic mass is 10.1. The average Bonchev–Trinajstić information content (AvgIpc) is 3.05. The standard InChI is InChI=1S/C23H27ClN4O4/c1-5-32-20-11-10-18(12-19(20)24)25-22-26-28(13-16(3)21(29)31-4)23(30)27(22)14-17-8-6-15(2)7-9-17/h6-12,16H,5,13-14H2,1-4H3,(H,25,26)/t16-/m0/s1. The van der Waals surface area contributed by atoms with E-state index < -0.39 is 11.9 Å². The summed E-state index contributed by atoms with van der Waals surface area (Å²) < 4.78 is 13.1. The number of benzene rings is 2. The van der Waals surface area contributed by atoms with E-state index >= 15 is 0 Å². The van der Waals surface area contributed by atoms with Crippen LogP contribution < -0.4 is 16.0 Å². The van der Waals surface area contributed by atoms with Crippen molar-refractivity contribution in [2.75, 3.05) is 13.7 Å². The van der Waals surface area contributed by atoms with Crippen molar-refractivity contribution in [2.24, 2.45) is 10.9 Å². The number of nitrogens with zero attached hydrogens (tertiary/aromatic N) is 3. The fourth-order valence-corrected chi connectivity index (χ4v) is 3.43. The second-order valence-electron chi connectivity index (χ2n) is 7.48. The number of rotatable bonds is 8. The highest BCUT2D eigenvalue weighted by Crippen LogP contribution is 2.28.